The van der Waals surface area contributed by atoms with Gasteiger partial charge in [-0.15, -0.1) is 0 Å². The van der Waals surface area contributed by atoms with Crippen LogP contribution in [-0.2, 0) is 7.05 Å². The van der Waals surface area contributed by atoms with Crippen molar-refractivity contribution in [3.05, 3.63) is 18.0 Å². The third kappa shape index (κ3) is 2.62. The molecule has 1 aliphatic rings. The predicted octanol–water partition coefficient (Wildman–Crippen LogP) is 1.33. The molecule has 0 radical (unpaired) electrons. The van der Waals surface area contributed by atoms with Gasteiger partial charge >= 0.3 is 0 Å². The highest BCUT2D eigenvalue weighted by Crippen LogP contribution is 2.32. The van der Waals surface area contributed by atoms with E-state index in [1.807, 2.05) is 31.8 Å². The SMILES string of the molecule is Cn1cc([C@@H]2CCCN2CC(C)(C)O)cn1. The van der Waals surface area contributed by atoms with Crippen molar-refractivity contribution in [1.82, 2.24) is 14.7 Å². The highest BCUT2D eigenvalue weighted by Gasteiger charge is 2.30. The Balaban J connectivity index is 2.09. The van der Waals surface area contributed by atoms with E-state index in [9.17, 15) is 5.11 Å². The molecule has 2 heterocycles. The summed E-state index contributed by atoms with van der Waals surface area (Å²) in [6.07, 6.45) is 6.39. The summed E-state index contributed by atoms with van der Waals surface area (Å²) in [6, 6.07) is 0.431. The van der Waals surface area contributed by atoms with Crippen LogP contribution in [0.1, 0.15) is 38.3 Å². The Labute approximate surface area is 96.9 Å². The Morgan fingerprint density at radius 2 is 2.31 bits per heavy atom. The largest absolute Gasteiger partial charge is 0.389 e. The molecule has 0 aromatic carbocycles. The normalized spacial score (nSPS) is 22.9. The second-order valence-corrected chi connectivity index (χ2v) is 5.39. The van der Waals surface area contributed by atoms with E-state index in [1.54, 1.807) is 0 Å². The van der Waals surface area contributed by atoms with Gasteiger partial charge in [0.15, 0.2) is 0 Å². The summed E-state index contributed by atoms with van der Waals surface area (Å²) < 4.78 is 1.84. The smallest absolute Gasteiger partial charge is 0.0718 e. The lowest BCUT2D eigenvalue weighted by molar-refractivity contribution is 0.0317. The minimum atomic E-state index is -0.620. The van der Waals surface area contributed by atoms with Gasteiger partial charge < -0.3 is 5.11 Å². The minimum Gasteiger partial charge on any atom is -0.389 e. The standard InChI is InChI=1S/C12H21N3O/c1-12(2,16)9-15-6-4-5-11(15)10-7-13-14(3)8-10/h7-8,11,16H,4-6,9H2,1-3H3/t11-/m0/s1. The second-order valence-electron chi connectivity index (χ2n) is 5.39. The van der Waals surface area contributed by atoms with Gasteiger partial charge in [0.1, 0.15) is 0 Å². The number of hydrogen-bond donors (Lipinski definition) is 1. The van der Waals surface area contributed by atoms with Crippen molar-refractivity contribution < 1.29 is 5.11 Å². The first-order valence-electron chi connectivity index (χ1n) is 5.91. The summed E-state index contributed by atoms with van der Waals surface area (Å²) in [4.78, 5) is 2.36. The van der Waals surface area contributed by atoms with E-state index >= 15 is 0 Å². The van der Waals surface area contributed by atoms with Gasteiger partial charge in [-0.25, -0.2) is 0 Å². The molecule has 2 rings (SSSR count). The highest BCUT2D eigenvalue weighted by molar-refractivity contribution is 5.12. The number of nitrogens with zero attached hydrogens (tertiary/aromatic N) is 3. The third-order valence-corrected chi connectivity index (χ3v) is 3.06. The van der Waals surface area contributed by atoms with Crippen molar-refractivity contribution in [3.63, 3.8) is 0 Å². The predicted molar refractivity (Wildman–Crippen MR) is 63.1 cm³/mol. The van der Waals surface area contributed by atoms with Gasteiger partial charge in [0.25, 0.3) is 0 Å². The number of β-amino-alcohol motifs (C(OH)–C–C–N with tert-alkyl or cyclic N) is 1. The number of hydrogen-bond acceptors (Lipinski definition) is 3. The van der Waals surface area contributed by atoms with Crippen LogP contribution in [0.2, 0.25) is 0 Å². The van der Waals surface area contributed by atoms with Gasteiger partial charge in [0.2, 0.25) is 0 Å². The average molecular weight is 223 g/mol. The lowest BCUT2D eigenvalue weighted by Crippen LogP contribution is -2.38. The first-order chi connectivity index (χ1) is 7.46. The van der Waals surface area contributed by atoms with E-state index in [1.165, 1.54) is 18.4 Å². The van der Waals surface area contributed by atoms with Crippen LogP contribution in [0.3, 0.4) is 0 Å². The van der Waals surface area contributed by atoms with Crippen molar-refractivity contribution in [3.8, 4) is 0 Å². The molecule has 0 bridgehead atoms. The number of aromatic nitrogens is 2. The molecule has 0 saturated carbocycles. The number of aliphatic hydroxyl groups is 1. The molecule has 1 saturated heterocycles. The van der Waals surface area contributed by atoms with E-state index in [0.29, 0.717) is 6.04 Å². The zero-order valence-corrected chi connectivity index (χ0v) is 10.3. The van der Waals surface area contributed by atoms with Crippen LogP contribution in [-0.4, -0.2) is 38.5 Å². The molecule has 1 aromatic rings. The molecule has 1 aliphatic heterocycles. The zero-order chi connectivity index (χ0) is 11.8. The maximum atomic E-state index is 9.89. The summed E-state index contributed by atoms with van der Waals surface area (Å²) in [6.45, 7) is 5.54. The summed E-state index contributed by atoms with van der Waals surface area (Å²) in [5, 5.41) is 14.1. The molecular formula is C12H21N3O. The van der Waals surface area contributed by atoms with E-state index in [2.05, 4.69) is 16.2 Å². The second kappa shape index (κ2) is 4.18. The quantitative estimate of drug-likeness (QED) is 0.840. The van der Waals surface area contributed by atoms with E-state index in [-0.39, 0.29) is 0 Å². The first kappa shape index (κ1) is 11.6. The van der Waals surface area contributed by atoms with E-state index in [0.717, 1.165) is 13.1 Å². The fraction of sp³-hybridized carbons (Fsp3) is 0.750. The van der Waals surface area contributed by atoms with Crippen molar-refractivity contribution in [2.45, 2.75) is 38.3 Å². The van der Waals surface area contributed by atoms with Gasteiger partial charge in [-0.3, -0.25) is 9.58 Å². The van der Waals surface area contributed by atoms with Crippen molar-refractivity contribution in [2.75, 3.05) is 13.1 Å². The minimum absolute atomic E-state index is 0.431. The lowest BCUT2D eigenvalue weighted by atomic mass is 10.1. The average Bonchev–Trinajstić information content (AvgIpc) is 2.71. The molecule has 1 aromatic heterocycles. The molecule has 0 unspecified atom stereocenters. The topological polar surface area (TPSA) is 41.3 Å². The molecule has 4 nitrogen and oxygen atoms in total. The Kier molecular flexibility index (Phi) is 3.04. The van der Waals surface area contributed by atoms with E-state index in [4.69, 9.17) is 0 Å². The third-order valence-electron chi connectivity index (χ3n) is 3.06. The van der Waals surface area contributed by atoms with Gasteiger partial charge in [-0.1, -0.05) is 0 Å². The van der Waals surface area contributed by atoms with Crippen molar-refractivity contribution >= 4 is 0 Å². The summed E-state index contributed by atoms with van der Waals surface area (Å²) in [5.41, 5.74) is 0.648. The van der Waals surface area contributed by atoms with Crippen LogP contribution in [0.5, 0.6) is 0 Å². The Morgan fingerprint density at radius 1 is 1.56 bits per heavy atom. The molecule has 1 atom stereocenters. The highest BCUT2D eigenvalue weighted by atomic mass is 16.3. The van der Waals surface area contributed by atoms with E-state index < -0.39 is 5.60 Å². The first-order valence-corrected chi connectivity index (χ1v) is 5.91. The number of rotatable bonds is 3. The van der Waals surface area contributed by atoms with Crippen molar-refractivity contribution in [2.24, 2.45) is 7.05 Å². The van der Waals surface area contributed by atoms with Crippen LogP contribution in [0, 0.1) is 0 Å². The van der Waals surface area contributed by atoms with Crippen LogP contribution < -0.4 is 0 Å². The van der Waals surface area contributed by atoms with Crippen LogP contribution in [0.15, 0.2) is 12.4 Å². The molecule has 90 valence electrons. The summed E-state index contributed by atoms with van der Waals surface area (Å²) in [5.74, 6) is 0. The van der Waals surface area contributed by atoms with Gasteiger partial charge in [-0.05, 0) is 33.2 Å². The molecule has 4 heteroatoms. The van der Waals surface area contributed by atoms with Crippen molar-refractivity contribution in [1.29, 1.82) is 0 Å². The molecule has 0 aliphatic carbocycles. The molecule has 1 fully saturated rings. The Hall–Kier alpha value is -0.870. The molecule has 16 heavy (non-hydrogen) atoms. The number of aryl methyl sites for hydroxylation is 1. The molecular weight excluding hydrogens is 202 g/mol. The van der Waals surface area contributed by atoms with Crippen LogP contribution in [0.25, 0.3) is 0 Å². The van der Waals surface area contributed by atoms with Crippen LogP contribution in [0.4, 0.5) is 0 Å². The molecule has 1 N–H and O–H groups in total. The Bertz CT molecular complexity index is 353. The Morgan fingerprint density at radius 3 is 2.88 bits per heavy atom. The maximum absolute atomic E-state index is 9.89. The fourth-order valence-electron chi connectivity index (χ4n) is 2.50. The summed E-state index contributed by atoms with van der Waals surface area (Å²) in [7, 11) is 1.94. The van der Waals surface area contributed by atoms with Gasteiger partial charge in [-0.2, -0.15) is 5.10 Å². The molecule has 0 amide bonds. The fourth-order valence-corrected chi connectivity index (χ4v) is 2.50. The molecule has 0 spiro atoms. The maximum Gasteiger partial charge on any atom is 0.0718 e. The van der Waals surface area contributed by atoms with Crippen LogP contribution >= 0.6 is 0 Å². The van der Waals surface area contributed by atoms with Gasteiger partial charge in [0, 0.05) is 31.4 Å². The summed E-state index contributed by atoms with van der Waals surface area (Å²) >= 11 is 0. The lowest BCUT2D eigenvalue weighted by Gasteiger charge is -2.29. The van der Waals surface area contributed by atoms with Gasteiger partial charge in [0.05, 0.1) is 11.8 Å². The zero-order valence-electron chi connectivity index (χ0n) is 10.3. The monoisotopic (exact) mass is 223 g/mol. The number of likely N-dealkylation sites (tertiary alicyclic amines) is 1.